The Hall–Kier alpha value is -2.08. The molecule has 6 heteroatoms. The molecule has 1 saturated heterocycles. The fourth-order valence-electron chi connectivity index (χ4n) is 2.99. The molecule has 5 nitrogen and oxygen atoms in total. The third kappa shape index (κ3) is 5.74. The first-order valence-corrected chi connectivity index (χ1v) is 9.89. The number of thioether (sulfide) groups is 1. The van der Waals surface area contributed by atoms with Gasteiger partial charge in [0.2, 0.25) is 5.91 Å². The second kappa shape index (κ2) is 9.42. The summed E-state index contributed by atoms with van der Waals surface area (Å²) in [6, 6.07) is 10.6. The minimum atomic E-state index is 0.145. The summed E-state index contributed by atoms with van der Waals surface area (Å²) in [5.41, 5.74) is 1.31. The van der Waals surface area contributed by atoms with Crippen LogP contribution < -0.4 is 10.2 Å². The first-order valence-electron chi connectivity index (χ1n) is 8.73. The Bertz CT molecular complexity index is 653. The van der Waals surface area contributed by atoms with Gasteiger partial charge in [0.25, 0.3) is 0 Å². The molecule has 1 amide bonds. The number of amides is 1. The van der Waals surface area contributed by atoms with E-state index in [4.69, 9.17) is 0 Å². The maximum atomic E-state index is 12.2. The van der Waals surface area contributed by atoms with Gasteiger partial charge in [0.1, 0.15) is 5.82 Å². The molecule has 1 atom stereocenters. The van der Waals surface area contributed by atoms with Crippen LogP contribution in [0, 0.1) is 0 Å². The molecular weight excluding hydrogens is 332 g/mol. The van der Waals surface area contributed by atoms with Crippen molar-refractivity contribution in [3.63, 3.8) is 0 Å². The first kappa shape index (κ1) is 17.7. The van der Waals surface area contributed by atoms with E-state index < -0.39 is 0 Å². The summed E-state index contributed by atoms with van der Waals surface area (Å²) in [7, 11) is 0. The lowest BCUT2D eigenvalue weighted by Gasteiger charge is -2.33. The van der Waals surface area contributed by atoms with Crippen molar-refractivity contribution in [1.29, 1.82) is 0 Å². The van der Waals surface area contributed by atoms with Crippen LogP contribution in [0.25, 0.3) is 0 Å². The molecule has 3 rings (SSSR count). The van der Waals surface area contributed by atoms with Gasteiger partial charge in [0.15, 0.2) is 0 Å². The number of aromatic nitrogens is 2. The summed E-state index contributed by atoms with van der Waals surface area (Å²) in [4.78, 5) is 22.9. The van der Waals surface area contributed by atoms with Crippen LogP contribution in [0.15, 0.2) is 48.9 Å². The number of anilines is 1. The quantitative estimate of drug-likeness (QED) is 0.773. The topological polar surface area (TPSA) is 58.1 Å². The summed E-state index contributed by atoms with van der Waals surface area (Å²) in [5, 5.41) is 3.18. The van der Waals surface area contributed by atoms with Gasteiger partial charge in [0.05, 0.1) is 6.20 Å². The van der Waals surface area contributed by atoms with E-state index in [1.54, 1.807) is 30.4 Å². The minimum absolute atomic E-state index is 0.145. The predicted octanol–water partition coefficient (Wildman–Crippen LogP) is 2.89. The average Bonchev–Trinajstić information content (AvgIpc) is 2.67. The third-order valence-electron chi connectivity index (χ3n) is 4.25. The molecule has 0 saturated carbocycles. The van der Waals surface area contributed by atoms with Crippen molar-refractivity contribution in [2.75, 3.05) is 23.7 Å². The standard InChI is InChI=1S/C19H24N4OS/c24-19(8-12-25-15-16-5-2-1-3-6-16)22-17-7-4-11-23(14-17)18-13-20-9-10-21-18/h1-3,5-6,9-10,13,17H,4,7-8,11-12,14-15H2,(H,22,24). The zero-order valence-corrected chi connectivity index (χ0v) is 15.1. The van der Waals surface area contributed by atoms with Crippen LogP contribution in [0.3, 0.4) is 0 Å². The summed E-state index contributed by atoms with van der Waals surface area (Å²) >= 11 is 1.80. The first-order chi connectivity index (χ1) is 12.3. The molecule has 2 heterocycles. The second-order valence-corrected chi connectivity index (χ2v) is 7.31. The lowest BCUT2D eigenvalue weighted by molar-refractivity contribution is -0.121. The maximum Gasteiger partial charge on any atom is 0.221 e. The van der Waals surface area contributed by atoms with Gasteiger partial charge in [-0.3, -0.25) is 9.78 Å². The van der Waals surface area contributed by atoms with Gasteiger partial charge in [-0.15, -0.1) is 0 Å². The van der Waals surface area contributed by atoms with Crippen LogP contribution in [-0.4, -0.2) is 40.8 Å². The van der Waals surface area contributed by atoms with Crippen LogP contribution in [0.1, 0.15) is 24.8 Å². The number of hydrogen-bond acceptors (Lipinski definition) is 5. The van der Waals surface area contributed by atoms with E-state index in [1.165, 1.54) is 5.56 Å². The normalized spacial score (nSPS) is 17.3. The molecule has 1 fully saturated rings. The molecule has 0 bridgehead atoms. The number of carbonyl (C=O) groups is 1. The highest BCUT2D eigenvalue weighted by Gasteiger charge is 2.22. The van der Waals surface area contributed by atoms with Gasteiger partial charge in [-0.05, 0) is 18.4 Å². The van der Waals surface area contributed by atoms with Crippen molar-refractivity contribution in [1.82, 2.24) is 15.3 Å². The zero-order chi connectivity index (χ0) is 17.3. The van der Waals surface area contributed by atoms with E-state index in [9.17, 15) is 4.79 Å². The molecule has 0 radical (unpaired) electrons. The van der Waals surface area contributed by atoms with Gasteiger partial charge >= 0.3 is 0 Å². The van der Waals surface area contributed by atoms with Gasteiger partial charge < -0.3 is 10.2 Å². The number of rotatable bonds is 7. The van der Waals surface area contributed by atoms with E-state index in [0.717, 1.165) is 43.3 Å². The Morgan fingerprint density at radius 2 is 2.16 bits per heavy atom. The van der Waals surface area contributed by atoms with Crippen molar-refractivity contribution in [2.45, 2.75) is 31.1 Å². The molecule has 132 valence electrons. The Morgan fingerprint density at radius 3 is 2.96 bits per heavy atom. The minimum Gasteiger partial charge on any atom is -0.353 e. The summed E-state index contributed by atoms with van der Waals surface area (Å²) < 4.78 is 0. The van der Waals surface area contributed by atoms with Crippen molar-refractivity contribution in [2.24, 2.45) is 0 Å². The summed E-state index contributed by atoms with van der Waals surface area (Å²) in [6.07, 6.45) is 7.83. The Morgan fingerprint density at radius 1 is 1.28 bits per heavy atom. The number of nitrogens with one attached hydrogen (secondary N) is 1. The smallest absolute Gasteiger partial charge is 0.221 e. The third-order valence-corrected chi connectivity index (χ3v) is 5.28. The Labute approximate surface area is 153 Å². The van der Waals surface area contributed by atoms with Crippen LogP contribution in [0.2, 0.25) is 0 Å². The average molecular weight is 356 g/mol. The highest BCUT2D eigenvalue weighted by Crippen LogP contribution is 2.17. The second-order valence-electron chi connectivity index (χ2n) is 6.20. The van der Waals surface area contributed by atoms with Crippen LogP contribution in [-0.2, 0) is 10.5 Å². The molecule has 25 heavy (non-hydrogen) atoms. The van der Waals surface area contributed by atoms with Crippen LogP contribution in [0.4, 0.5) is 5.82 Å². The van der Waals surface area contributed by atoms with Crippen molar-refractivity contribution in [3.05, 3.63) is 54.5 Å². The van der Waals surface area contributed by atoms with E-state index >= 15 is 0 Å². The fourth-order valence-corrected chi connectivity index (χ4v) is 3.89. The molecule has 1 unspecified atom stereocenters. The SMILES string of the molecule is O=C(CCSCc1ccccc1)NC1CCCN(c2cnccn2)C1. The zero-order valence-electron chi connectivity index (χ0n) is 14.3. The number of piperidine rings is 1. The number of nitrogens with zero attached hydrogens (tertiary/aromatic N) is 3. The van der Waals surface area contributed by atoms with E-state index in [-0.39, 0.29) is 11.9 Å². The van der Waals surface area contributed by atoms with Crippen LogP contribution >= 0.6 is 11.8 Å². The van der Waals surface area contributed by atoms with Crippen molar-refractivity contribution < 1.29 is 4.79 Å². The van der Waals surface area contributed by atoms with E-state index in [2.05, 4.69) is 44.5 Å². The van der Waals surface area contributed by atoms with Crippen molar-refractivity contribution >= 4 is 23.5 Å². The lowest BCUT2D eigenvalue weighted by atomic mass is 10.1. The number of hydrogen-bond donors (Lipinski definition) is 1. The van der Waals surface area contributed by atoms with Gasteiger partial charge in [-0.1, -0.05) is 30.3 Å². The molecule has 1 aromatic heterocycles. The van der Waals surface area contributed by atoms with E-state index in [0.29, 0.717) is 6.42 Å². The van der Waals surface area contributed by atoms with Crippen LogP contribution in [0.5, 0.6) is 0 Å². The molecule has 0 spiro atoms. The predicted molar refractivity (Wildman–Crippen MR) is 103 cm³/mol. The van der Waals surface area contributed by atoms with E-state index in [1.807, 2.05) is 6.07 Å². The molecule has 1 N–H and O–H groups in total. The lowest BCUT2D eigenvalue weighted by Crippen LogP contribution is -2.48. The highest BCUT2D eigenvalue weighted by molar-refractivity contribution is 7.98. The van der Waals surface area contributed by atoms with Gasteiger partial charge in [-0.2, -0.15) is 11.8 Å². The molecular formula is C19H24N4OS. The maximum absolute atomic E-state index is 12.2. The largest absolute Gasteiger partial charge is 0.353 e. The van der Waals surface area contributed by atoms with Gasteiger partial charge in [0, 0.05) is 49.5 Å². The Kier molecular flexibility index (Phi) is 6.68. The number of carbonyl (C=O) groups excluding carboxylic acids is 1. The molecule has 2 aromatic rings. The molecule has 0 aliphatic carbocycles. The van der Waals surface area contributed by atoms with Crippen molar-refractivity contribution in [3.8, 4) is 0 Å². The number of benzene rings is 1. The highest BCUT2D eigenvalue weighted by atomic mass is 32.2. The fraction of sp³-hybridized carbons (Fsp3) is 0.421. The molecule has 1 aliphatic rings. The molecule has 1 aliphatic heterocycles. The summed E-state index contributed by atoms with van der Waals surface area (Å²) in [6.45, 7) is 1.78. The summed E-state index contributed by atoms with van der Waals surface area (Å²) in [5.74, 6) is 2.84. The Balaban J connectivity index is 1.37. The molecule has 1 aromatic carbocycles. The monoisotopic (exact) mass is 356 g/mol. The van der Waals surface area contributed by atoms with Gasteiger partial charge in [-0.25, -0.2) is 4.98 Å².